The number of hydrogen-bond acceptors (Lipinski definition) is 6. The van der Waals surface area contributed by atoms with Crippen LogP contribution in [0.25, 0.3) is 0 Å². The molecule has 2 aromatic rings. The molecule has 0 saturated carbocycles. The average Bonchev–Trinajstić information content (AvgIpc) is 2.64. The molecule has 0 aliphatic rings. The van der Waals surface area contributed by atoms with Crippen LogP contribution in [0.1, 0.15) is 24.3 Å². The second kappa shape index (κ2) is 9.46. The van der Waals surface area contributed by atoms with Crippen molar-refractivity contribution in [2.24, 2.45) is 5.92 Å². The Hall–Kier alpha value is -2.83. The van der Waals surface area contributed by atoms with E-state index < -0.39 is 0 Å². The van der Waals surface area contributed by atoms with Gasteiger partial charge in [0.25, 0.3) is 5.91 Å². The molecule has 0 unspecified atom stereocenters. The van der Waals surface area contributed by atoms with Crippen LogP contribution in [0.5, 0.6) is 11.5 Å². The van der Waals surface area contributed by atoms with Gasteiger partial charge in [0, 0.05) is 6.54 Å². The maximum Gasteiger partial charge on any atom is 0.271 e. The molecule has 0 radical (unpaired) electrons. The summed E-state index contributed by atoms with van der Waals surface area (Å²) in [6.07, 6.45) is 0. The van der Waals surface area contributed by atoms with Crippen molar-refractivity contribution in [2.75, 3.05) is 32.1 Å². The van der Waals surface area contributed by atoms with E-state index in [9.17, 15) is 4.79 Å². The van der Waals surface area contributed by atoms with E-state index in [1.807, 2.05) is 24.3 Å². The van der Waals surface area contributed by atoms with Crippen LogP contribution in [0.3, 0.4) is 0 Å². The highest BCUT2D eigenvalue weighted by Crippen LogP contribution is 2.16. The molecule has 0 atom stereocenters. The van der Waals surface area contributed by atoms with Gasteiger partial charge in [-0.2, -0.15) is 0 Å². The van der Waals surface area contributed by atoms with Gasteiger partial charge in [-0.05, 0) is 42.3 Å². The first-order valence-corrected chi connectivity index (χ1v) is 8.21. The van der Waals surface area contributed by atoms with Gasteiger partial charge in [-0.1, -0.05) is 13.8 Å². The molecule has 0 fully saturated rings. The lowest BCUT2D eigenvalue weighted by atomic mass is 10.2. The number of ether oxygens (including phenoxy) is 2. The van der Waals surface area contributed by atoms with Gasteiger partial charge >= 0.3 is 0 Å². The second-order valence-electron chi connectivity index (χ2n) is 5.86. The summed E-state index contributed by atoms with van der Waals surface area (Å²) in [6, 6.07) is 10.7. The number of rotatable bonds is 9. The number of amides is 1. The lowest BCUT2D eigenvalue weighted by molar-refractivity contribution is 0.0941. The zero-order valence-corrected chi connectivity index (χ0v) is 14.8. The van der Waals surface area contributed by atoms with Crippen LogP contribution in [0.15, 0.2) is 36.4 Å². The van der Waals surface area contributed by atoms with Crippen molar-refractivity contribution < 1.29 is 14.3 Å². The Balaban J connectivity index is 1.72. The van der Waals surface area contributed by atoms with Crippen LogP contribution in [-0.2, 0) is 0 Å². The monoisotopic (exact) mass is 344 g/mol. The average molecular weight is 344 g/mol. The fourth-order valence-corrected chi connectivity index (χ4v) is 1.95. The number of methoxy groups -OCH3 is 1. The minimum atomic E-state index is -0.277. The molecule has 0 spiro atoms. The molecule has 0 aliphatic heterocycles. The van der Waals surface area contributed by atoms with Gasteiger partial charge in [-0.25, -0.2) is 0 Å². The lowest BCUT2D eigenvalue weighted by Gasteiger charge is -2.09. The van der Waals surface area contributed by atoms with E-state index >= 15 is 0 Å². The van der Waals surface area contributed by atoms with Crippen molar-refractivity contribution in [3.8, 4) is 11.5 Å². The fourth-order valence-electron chi connectivity index (χ4n) is 1.95. The number of anilines is 1. The Morgan fingerprint density at radius 1 is 1.08 bits per heavy atom. The van der Waals surface area contributed by atoms with Crippen molar-refractivity contribution in [1.82, 2.24) is 15.5 Å². The smallest absolute Gasteiger partial charge is 0.271 e. The first-order chi connectivity index (χ1) is 12.1. The Kier molecular flexibility index (Phi) is 7.00. The fraction of sp³-hybridized carbons (Fsp3) is 0.389. The normalized spacial score (nSPS) is 10.4. The molecule has 1 aromatic heterocycles. The number of aromatic nitrogens is 2. The molecular formula is C18H24N4O3. The molecule has 7 heteroatoms. The van der Waals surface area contributed by atoms with Crippen LogP contribution in [-0.4, -0.2) is 42.9 Å². The quantitative estimate of drug-likeness (QED) is 0.679. The first kappa shape index (κ1) is 18.5. The SMILES string of the molecule is COc1ccc(OCCNC(=O)c2ccc(NCC(C)C)nn2)cc1. The Labute approximate surface area is 147 Å². The summed E-state index contributed by atoms with van der Waals surface area (Å²) < 4.78 is 10.6. The third-order valence-electron chi connectivity index (χ3n) is 3.30. The number of nitrogens with zero attached hydrogens (tertiary/aromatic N) is 2. The highest BCUT2D eigenvalue weighted by atomic mass is 16.5. The van der Waals surface area contributed by atoms with Gasteiger partial charge < -0.3 is 20.1 Å². The van der Waals surface area contributed by atoms with E-state index in [1.165, 1.54) is 0 Å². The van der Waals surface area contributed by atoms with Crippen molar-refractivity contribution in [2.45, 2.75) is 13.8 Å². The Morgan fingerprint density at radius 3 is 2.40 bits per heavy atom. The number of carbonyl (C=O) groups is 1. The van der Waals surface area contributed by atoms with Crippen molar-refractivity contribution in [3.05, 3.63) is 42.1 Å². The molecule has 1 heterocycles. The van der Waals surface area contributed by atoms with Gasteiger partial charge in [0.1, 0.15) is 23.9 Å². The third kappa shape index (κ3) is 6.29. The lowest BCUT2D eigenvalue weighted by Crippen LogP contribution is -2.29. The van der Waals surface area contributed by atoms with Crippen molar-refractivity contribution in [1.29, 1.82) is 0 Å². The van der Waals surface area contributed by atoms with Gasteiger partial charge in [0.05, 0.1) is 13.7 Å². The zero-order chi connectivity index (χ0) is 18.1. The molecule has 0 aliphatic carbocycles. The van der Waals surface area contributed by atoms with Crippen molar-refractivity contribution in [3.63, 3.8) is 0 Å². The summed E-state index contributed by atoms with van der Waals surface area (Å²) in [5.74, 6) is 2.38. The van der Waals surface area contributed by atoms with E-state index in [1.54, 1.807) is 19.2 Å². The summed E-state index contributed by atoms with van der Waals surface area (Å²) in [7, 11) is 1.61. The van der Waals surface area contributed by atoms with Crippen LogP contribution in [0.4, 0.5) is 5.82 Å². The van der Waals surface area contributed by atoms with Gasteiger partial charge in [-0.15, -0.1) is 10.2 Å². The first-order valence-electron chi connectivity index (χ1n) is 8.21. The summed E-state index contributed by atoms with van der Waals surface area (Å²) >= 11 is 0. The number of hydrogen-bond donors (Lipinski definition) is 2. The maximum absolute atomic E-state index is 12.0. The standard InChI is InChI=1S/C18H24N4O3/c1-13(2)12-20-17-9-8-16(21-22-17)18(23)19-10-11-25-15-6-4-14(24-3)5-7-15/h4-9,13H,10-12H2,1-3H3,(H,19,23)(H,20,22). The molecule has 2 N–H and O–H groups in total. The highest BCUT2D eigenvalue weighted by Gasteiger charge is 2.08. The highest BCUT2D eigenvalue weighted by molar-refractivity contribution is 5.92. The van der Waals surface area contributed by atoms with Crippen molar-refractivity contribution >= 4 is 11.7 Å². The maximum atomic E-state index is 12.0. The molecule has 7 nitrogen and oxygen atoms in total. The number of carbonyl (C=O) groups excluding carboxylic acids is 1. The predicted octanol–water partition coefficient (Wildman–Crippen LogP) is 2.36. The van der Waals surface area contributed by atoms with E-state index in [2.05, 4.69) is 34.7 Å². The third-order valence-corrected chi connectivity index (χ3v) is 3.30. The Morgan fingerprint density at radius 2 is 1.80 bits per heavy atom. The Bertz CT molecular complexity index is 657. The van der Waals surface area contributed by atoms with Crippen LogP contribution < -0.4 is 20.1 Å². The van der Waals surface area contributed by atoms with E-state index in [4.69, 9.17) is 9.47 Å². The summed E-state index contributed by atoms with van der Waals surface area (Å²) in [5, 5.41) is 13.8. The number of benzene rings is 1. The van der Waals surface area contributed by atoms with E-state index in [0.717, 1.165) is 18.0 Å². The summed E-state index contributed by atoms with van der Waals surface area (Å²) in [4.78, 5) is 12.0. The van der Waals surface area contributed by atoms with Gasteiger partial charge in [-0.3, -0.25) is 4.79 Å². The minimum absolute atomic E-state index is 0.277. The van der Waals surface area contributed by atoms with E-state index in [-0.39, 0.29) is 11.6 Å². The van der Waals surface area contributed by atoms with Gasteiger partial charge in [0.2, 0.25) is 0 Å². The molecule has 2 rings (SSSR count). The minimum Gasteiger partial charge on any atom is -0.497 e. The van der Waals surface area contributed by atoms with Crippen LogP contribution in [0.2, 0.25) is 0 Å². The molecule has 0 saturated heterocycles. The molecular weight excluding hydrogens is 320 g/mol. The van der Waals surface area contributed by atoms with E-state index in [0.29, 0.717) is 24.9 Å². The van der Waals surface area contributed by atoms with Crippen LogP contribution >= 0.6 is 0 Å². The number of nitrogens with one attached hydrogen (secondary N) is 2. The zero-order valence-electron chi connectivity index (χ0n) is 14.8. The molecule has 1 amide bonds. The molecule has 0 bridgehead atoms. The second-order valence-corrected chi connectivity index (χ2v) is 5.86. The molecule has 1 aromatic carbocycles. The van der Waals surface area contributed by atoms with Crippen LogP contribution in [0, 0.1) is 5.92 Å². The topological polar surface area (TPSA) is 85.4 Å². The summed E-state index contributed by atoms with van der Waals surface area (Å²) in [5.41, 5.74) is 0.277. The molecule has 25 heavy (non-hydrogen) atoms. The van der Waals surface area contributed by atoms with Gasteiger partial charge in [0.15, 0.2) is 5.69 Å². The summed E-state index contributed by atoms with van der Waals surface area (Å²) in [6.45, 7) is 5.76. The molecule has 134 valence electrons. The predicted molar refractivity (Wildman–Crippen MR) is 96.2 cm³/mol. The largest absolute Gasteiger partial charge is 0.497 e.